The monoisotopic (exact) mass is 324 g/mol. The van der Waals surface area contributed by atoms with Gasteiger partial charge in [0.15, 0.2) is 0 Å². The summed E-state index contributed by atoms with van der Waals surface area (Å²) in [6, 6.07) is 13.8. The van der Waals surface area contributed by atoms with Gasteiger partial charge >= 0.3 is 0 Å². The number of rotatable bonds is 6. The molecule has 0 radical (unpaired) electrons. The number of amides is 1. The lowest BCUT2D eigenvalue weighted by atomic mass is 10.1. The lowest BCUT2D eigenvalue weighted by Gasteiger charge is -2.07. The highest BCUT2D eigenvalue weighted by Gasteiger charge is 2.18. The van der Waals surface area contributed by atoms with Crippen LogP contribution in [0.15, 0.2) is 54.9 Å². The molecule has 1 amide bonds. The Morgan fingerprint density at radius 2 is 1.92 bits per heavy atom. The molecule has 0 fully saturated rings. The zero-order valence-electron chi connectivity index (χ0n) is 12.9. The molecular weight excluding hydrogens is 308 g/mol. The van der Waals surface area contributed by atoms with Crippen molar-refractivity contribution in [3.63, 3.8) is 0 Å². The van der Waals surface area contributed by atoms with Crippen LogP contribution in [0.3, 0.4) is 0 Å². The summed E-state index contributed by atoms with van der Waals surface area (Å²) in [4.78, 5) is 26.8. The molecule has 0 atom stereocenters. The number of nitro benzene ring substituents is 1. The number of nitrogens with zero attached hydrogens (tertiary/aromatic N) is 3. The minimum absolute atomic E-state index is 0.0792. The number of para-hydroxylation sites is 3. The van der Waals surface area contributed by atoms with Crippen molar-refractivity contribution < 1.29 is 9.72 Å². The van der Waals surface area contributed by atoms with E-state index in [1.807, 2.05) is 28.8 Å². The molecule has 24 heavy (non-hydrogen) atoms. The lowest BCUT2D eigenvalue weighted by Crippen LogP contribution is -2.25. The van der Waals surface area contributed by atoms with Crippen LogP contribution in [0.5, 0.6) is 0 Å². The van der Waals surface area contributed by atoms with E-state index in [0.29, 0.717) is 19.5 Å². The average molecular weight is 324 g/mol. The van der Waals surface area contributed by atoms with Crippen LogP contribution in [0.2, 0.25) is 0 Å². The van der Waals surface area contributed by atoms with Crippen LogP contribution >= 0.6 is 0 Å². The lowest BCUT2D eigenvalue weighted by molar-refractivity contribution is -0.385. The molecule has 2 aromatic carbocycles. The first-order chi connectivity index (χ1) is 11.7. The number of carbonyl (C=O) groups is 1. The quantitative estimate of drug-likeness (QED) is 0.429. The van der Waals surface area contributed by atoms with Crippen molar-refractivity contribution in [3.05, 3.63) is 70.5 Å². The molecule has 122 valence electrons. The van der Waals surface area contributed by atoms with Gasteiger partial charge < -0.3 is 9.88 Å². The molecule has 0 bridgehead atoms. The fourth-order valence-electron chi connectivity index (χ4n) is 2.56. The third kappa shape index (κ3) is 3.24. The fraction of sp³-hybridized carbons (Fsp3) is 0.176. The first kappa shape index (κ1) is 15.7. The van der Waals surface area contributed by atoms with E-state index in [2.05, 4.69) is 10.3 Å². The Labute approximate surface area is 138 Å². The summed E-state index contributed by atoms with van der Waals surface area (Å²) in [7, 11) is 0. The second-order valence-corrected chi connectivity index (χ2v) is 5.31. The van der Waals surface area contributed by atoms with Crippen LogP contribution in [0.1, 0.15) is 16.8 Å². The summed E-state index contributed by atoms with van der Waals surface area (Å²) < 4.78 is 2.02. The predicted molar refractivity (Wildman–Crippen MR) is 89.8 cm³/mol. The minimum atomic E-state index is -0.549. The number of nitro groups is 1. The summed E-state index contributed by atoms with van der Waals surface area (Å²) in [5.41, 5.74) is 1.87. The van der Waals surface area contributed by atoms with Gasteiger partial charge in [-0.25, -0.2) is 4.98 Å². The number of imidazole rings is 1. The van der Waals surface area contributed by atoms with Crippen molar-refractivity contribution in [3.8, 4) is 0 Å². The molecule has 1 N–H and O–H groups in total. The Balaban J connectivity index is 1.57. The number of hydrogen-bond acceptors (Lipinski definition) is 4. The number of aromatic nitrogens is 2. The highest BCUT2D eigenvalue weighted by atomic mass is 16.6. The zero-order valence-corrected chi connectivity index (χ0v) is 12.9. The van der Waals surface area contributed by atoms with Gasteiger partial charge in [0.25, 0.3) is 11.6 Å². The fourth-order valence-corrected chi connectivity index (χ4v) is 2.56. The Hall–Kier alpha value is -3.22. The van der Waals surface area contributed by atoms with Gasteiger partial charge in [0.2, 0.25) is 0 Å². The number of fused-ring (bicyclic) bond motifs is 1. The van der Waals surface area contributed by atoms with Crippen molar-refractivity contribution in [1.82, 2.24) is 14.9 Å². The summed E-state index contributed by atoms with van der Waals surface area (Å²) in [6.07, 6.45) is 2.47. The van der Waals surface area contributed by atoms with E-state index in [-0.39, 0.29) is 11.3 Å². The zero-order chi connectivity index (χ0) is 16.9. The smallest absolute Gasteiger partial charge is 0.282 e. The van der Waals surface area contributed by atoms with E-state index in [1.54, 1.807) is 18.5 Å². The van der Waals surface area contributed by atoms with Crippen molar-refractivity contribution in [2.45, 2.75) is 13.0 Å². The maximum atomic E-state index is 12.1. The molecule has 3 aromatic rings. The summed E-state index contributed by atoms with van der Waals surface area (Å²) in [5, 5.41) is 13.7. The Morgan fingerprint density at radius 3 is 2.75 bits per heavy atom. The number of hydrogen-bond donors (Lipinski definition) is 1. The van der Waals surface area contributed by atoms with Crippen LogP contribution < -0.4 is 5.32 Å². The number of nitrogens with one attached hydrogen (secondary N) is 1. The second-order valence-electron chi connectivity index (χ2n) is 5.31. The van der Waals surface area contributed by atoms with E-state index >= 15 is 0 Å². The highest BCUT2D eigenvalue weighted by molar-refractivity contribution is 5.98. The third-order valence-corrected chi connectivity index (χ3v) is 3.73. The van der Waals surface area contributed by atoms with Gasteiger partial charge in [-0.2, -0.15) is 0 Å². The molecule has 0 spiro atoms. The van der Waals surface area contributed by atoms with Gasteiger partial charge in [0.05, 0.1) is 22.3 Å². The summed E-state index contributed by atoms with van der Waals surface area (Å²) in [5.74, 6) is -0.433. The van der Waals surface area contributed by atoms with Crippen molar-refractivity contribution >= 4 is 22.6 Å². The van der Waals surface area contributed by atoms with Gasteiger partial charge in [-0.3, -0.25) is 14.9 Å². The van der Waals surface area contributed by atoms with Crippen LogP contribution in [0, 0.1) is 10.1 Å². The third-order valence-electron chi connectivity index (χ3n) is 3.73. The van der Waals surface area contributed by atoms with E-state index in [1.165, 1.54) is 12.1 Å². The normalized spacial score (nSPS) is 10.7. The molecule has 0 aliphatic carbocycles. The van der Waals surface area contributed by atoms with Gasteiger partial charge in [-0.05, 0) is 24.6 Å². The van der Waals surface area contributed by atoms with Crippen LogP contribution in [0.4, 0.5) is 5.69 Å². The first-order valence-corrected chi connectivity index (χ1v) is 7.58. The molecule has 1 aromatic heterocycles. The average Bonchev–Trinajstić information content (AvgIpc) is 3.01. The Bertz CT molecular complexity index is 888. The molecule has 0 saturated heterocycles. The SMILES string of the molecule is O=C(NCCCn1cnc2ccccc21)c1ccccc1[N+](=O)[O-]. The topological polar surface area (TPSA) is 90.1 Å². The largest absolute Gasteiger partial charge is 0.352 e. The number of carbonyl (C=O) groups excluding carboxylic acids is 1. The first-order valence-electron chi connectivity index (χ1n) is 7.58. The molecule has 7 heteroatoms. The second kappa shape index (κ2) is 6.91. The summed E-state index contributed by atoms with van der Waals surface area (Å²) in [6.45, 7) is 1.13. The van der Waals surface area contributed by atoms with Crippen molar-refractivity contribution in [2.24, 2.45) is 0 Å². The van der Waals surface area contributed by atoms with E-state index < -0.39 is 10.8 Å². The van der Waals surface area contributed by atoms with E-state index in [0.717, 1.165) is 11.0 Å². The maximum absolute atomic E-state index is 12.1. The standard InChI is InChI=1S/C17H16N4O3/c22-17(13-6-1-3-8-15(13)21(23)24)18-10-5-11-20-12-19-14-7-2-4-9-16(14)20/h1-4,6-9,12H,5,10-11H2,(H,18,22). The highest BCUT2D eigenvalue weighted by Crippen LogP contribution is 2.17. The van der Waals surface area contributed by atoms with Gasteiger partial charge in [-0.15, -0.1) is 0 Å². The van der Waals surface area contributed by atoms with E-state index in [9.17, 15) is 14.9 Å². The van der Waals surface area contributed by atoms with Crippen LogP contribution in [-0.4, -0.2) is 26.9 Å². The molecule has 3 rings (SSSR count). The molecule has 0 aliphatic rings. The molecule has 0 saturated carbocycles. The molecule has 7 nitrogen and oxygen atoms in total. The van der Waals surface area contributed by atoms with Crippen LogP contribution in [0.25, 0.3) is 11.0 Å². The van der Waals surface area contributed by atoms with Crippen LogP contribution in [-0.2, 0) is 6.54 Å². The molecule has 0 aliphatic heterocycles. The number of aryl methyl sites for hydroxylation is 1. The van der Waals surface area contributed by atoms with Crippen molar-refractivity contribution in [1.29, 1.82) is 0 Å². The minimum Gasteiger partial charge on any atom is -0.352 e. The van der Waals surface area contributed by atoms with Gasteiger partial charge in [0.1, 0.15) is 5.56 Å². The summed E-state index contributed by atoms with van der Waals surface area (Å²) >= 11 is 0. The Kier molecular flexibility index (Phi) is 4.51. The van der Waals surface area contributed by atoms with Crippen molar-refractivity contribution in [2.75, 3.05) is 6.54 Å². The van der Waals surface area contributed by atoms with Gasteiger partial charge in [-0.1, -0.05) is 24.3 Å². The predicted octanol–water partition coefficient (Wildman–Crippen LogP) is 2.76. The molecular formula is C17H16N4O3. The van der Waals surface area contributed by atoms with Gasteiger partial charge in [0, 0.05) is 19.2 Å². The van der Waals surface area contributed by atoms with E-state index in [4.69, 9.17) is 0 Å². The Morgan fingerprint density at radius 1 is 1.17 bits per heavy atom. The number of benzene rings is 2. The molecule has 0 unspecified atom stereocenters. The maximum Gasteiger partial charge on any atom is 0.282 e. The molecule has 1 heterocycles.